The number of rotatable bonds is 5. The van der Waals surface area contributed by atoms with Gasteiger partial charge in [-0.25, -0.2) is 0 Å². The van der Waals surface area contributed by atoms with Gasteiger partial charge in [0.1, 0.15) is 6.54 Å². The molecule has 0 fully saturated rings. The number of amides is 1. The SMILES string of the molecule is CCCC(=O)N(Cc1ccccc1)CC(F)(F)F. The molecule has 5 heteroatoms. The summed E-state index contributed by atoms with van der Waals surface area (Å²) >= 11 is 0. The van der Waals surface area contributed by atoms with E-state index in [1.807, 2.05) is 0 Å². The van der Waals surface area contributed by atoms with E-state index in [2.05, 4.69) is 0 Å². The van der Waals surface area contributed by atoms with Crippen molar-refractivity contribution in [2.45, 2.75) is 32.5 Å². The van der Waals surface area contributed by atoms with Crippen LogP contribution in [-0.4, -0.2) is 23.5 Å². The first kappa shape index (κ1) is 14.5. The number of carbonyl (C=O) groups is 1. The van der Waals surface area contributed by atoms with Gasteiger partial charge in [-0.3, -0.25) is 4.79 Å². The zero-order valence-corrected chi connectivity index (χ0v) is 10.2. The maximum Gasteiger partial charge on any atom is 0.406 e. The van der Waals surface area contributed by atoms with Gasteiger partial charge in [0.05, 0.1) is 0 Å². The summed E-state index contributed by atoms with van der Waals surface area (Å²) in [6.45, 7) is 0.575. The molecule has 0 atom stereocenters. The van der Waals surface area contributed by atoms with Crippen molar-refractivity contribution in [2.24, 2.45) is 0 Å². The molecule has 0 heterocycles. The second-order valence-electron chi connectivity index (χ2n) is 4.10. The largest absolute Gasteiger partial charge is 0.406 e. The average molecular weight is 259 g/mol. The van der Waals surface area contributed by atoms with Gasteiger partial charge in [-0.2, -0.15) is 13.2 Å². The van der Waals surface area contributed by atoms with Crippen LogP contribution in [0.4, 0.5) is 13.2 Å². The molecule has 0 bridgehead atoms. The highest BCUT2D eigenvalue weighted by molar-refractivity contribution is 5.76. The maximum atomic E-state index is 12.4. The van der Waals surface area contributed by atoms with E-state index in [0.717, 1.165) is 4.90 Å². The number of halogens is 3. The second kappa shape index (κ2) is 6.42. The number of hydrogen-bond acceptors (Lipinski definition) is 1. The van der Waals surface area contributed by atoms with Crippen molar-refractivity contribution in [3.8, 4) is 0 Å². The summed E-state index contributed by atoms with van der Waals surface area (Å²) in [4.78, 5) is 12.5. The number of carbonyl (C=O) groups excluding carboxylic acids is 1. The molecule has 0 unspecified atom stereocenters. The van der Waals surface area contributed by atoms with Gasteiger partial charge in [-0.05, 0) is 12.0 Å². The van der Waals surface area contributed by atoms with Crippen molar-refractivity contribution < 1.29 is 18.0 Å². The molecule has 1 aromatic rings. The number of nitrogens with zero attached hydrogens (tertiary/aromatic N) is 1. The lowest BCUT2D eigenvalue weighted by atomic mass is 10.2. The highest BCUT2D eigenvalue weighted by Gasteiger charge is 2.32. The lowest BCUT2D eigenvalue weighted by Gasteiger charge is -2.24. The molecule has 100 valence electrons. The van der Waals surface area contributed by atoms with Crippen LogP contribution in [0.25, 0.3) is 0 Å². The summed E-state index contributed by atoms with van der Waals surface area (Å²) in [5, 5.41) is 0. The summed E-state index contributed by atoms with van der Waals surface area (Å²) in [5.74, 6) is -0.460. The molecule has 0 N–H and O–H groups in total. The van der Waals surface area contributed by atoms with Gasteiger partial charge in [0.25, 0.3) is 0 Å². The summed E-state index contributed by atoms with van der Waals surface area (Å²) in [7, 11) is 0. The van der Waals surface area contributed by atoms with Gasteiger partial charge in [-0.15, -0.1) is 0 Å². The Morgan fingerprint density at radius 1 is 1.22 bits per heavy atom. The number of alkyl halides is 3. The third-order valence-corrected chi connectivity index (χ3v) is 2.40. The van der Waals surface area contributed by atoms with Crippen molar-refractivity contribution in [1.82, 2.24) is 4.90 Å². The Labute approximate surface area is 104 Å². The Morgan fingerprint density at radius 3 is 2.33 bits per heavy atom. The van der Waals surface area contributed by atoms with Crippen molar-refractivity contribution in [3.05, 3.63) is 35.9 Å². The van der Waals surface area contributed by atoms with Gasteiger partial charge >= 0.3 is 6.18 Å². The van der Waals surface area contributed by atoms with Crippen LogP contribution in [0.3, 0.4) is 0 Å². The zero-order valence-electron chi connectivity index (χ0n) is 10.2. The maximum absolute atomic E-state index is 12.4. The molecular formula is C13H16F3NO. The minimum atomic E-state index is -4.36. The van der Waals surface area contributed by atoms with Crippen LogP contribution in [0, 0.1) is 0 Å². The molecule has 0 aromatic heterocycles. The van der Waals surface area contributed by atoms with E-state index in [1.165, 1.54) is 0 Å². The number of benzene rings is 1. The predicted molar refractivity (Wildman–Crippen MR) is 62.8 cm³/mol. The van der Waals surface area contributed by atoms with Gasteiger partial charge in [0, 0.05) is 13.0 Å². The fraction of sp³-hybridized carbons (Fsp3) is 0.462. The molecule has 0 aliphatic carbocycles. The molecule has 0 aliphatic heterocycles. The normalized spacial score (nSPS) is 11.3. The Balaban J connectivity index is 2.74. The van der Waals surface area contributed by atoms with Crippen LogP contribution in [0.2, 0.25) is 0 Å². The molecule has 0 spiro atoms. The van der Waals surface area contributed by atoms with Gasteiger partial charge in [0.2, 0.25) is 5.91 Å². The third-order valence-electron chi connectivity index (χ3n) is 2.40. The van der Waals surface area contributed by atoms with E-state index in [4.69, 9.17) is 0 Å². The standard InChI is InChI=1S/C13H16F3NO/c1-2-6-12(18)17(10-13(14,15)16)9-11-7-4-3-5-8-11/h3-5,7-8H,2,6,9-10H2,1H3. The summed E-state index contributed by atoms with van der Waals surface area (Å²) in [6.07, 6.45) is -3.68. The van der Waals surface area contributed by atoms with Gasteiger partial charge < -0.3 is 4.90 Å². The van der Waals surface area contributed by atoms with E-state index >= 15 is 0 Å². The van der Waals surface area contributed by atoms with Crippen LogP contribution in [0.5, 0.6) is 0 Å². The van der Waals surface area contributed by atoms with E-state index in [9.17, 15) is 18.0 Å². The van der Waals surface area contributed by atoms with Crippen LogP contribution in [0.1, 0.15) is 25.3 Å². The fourth-order valence-corrected chi connectivity index (χ4v) is 1.62. The average Bonchev–Trinajstić information content (AvgIpc) is 2.28. The molecule has 1 rings (SSSR count). The molecule has 1 aromatic carbocycles. The minimum Gasteiger partial charge on any atom is -0.329 e. The molecular weight excluding hydrogens is 243 g/mol. The Kier molecular flexibility index (Phi) is 5.19. The Morgan fingerprint density at radius 2 is 1.83 bits per heavy atom. The monoisotopic (exact) mass is 259 g/mol. The lowest BCUT2D eigenvalue weighted by Crippen LogP contribution is -2.38. The fourth-order valence-electron chi connectivity index (χ4n) is 1.62. The minimum absolute atomic E-state index is 0.000810. The zero-order chi connectivity index (χ0) is 13.6. The van der Waals surface area contributed by atoms with Crippen molar-refractivity contribution >= 4 is 5.91 Å². The van der Waals surface area contributed by atoms with Gasteiger partial charge in [0.15, 0.2) is 0 Å². The molecule has 0 radical (unpaired) electrons. The highest BCUT2D eigenvalue weighted by Crippen LogP contribution is 2.19. The first-order chi connectivity index (χ1) is 8.42. The summed E-state index contributed by atoms with van der Waals surface area (Å²) in [5.41, 5.74) is 0.700. The Bertz CT molecular complexity index is 376. The van der Waals surface area contributed by atoms with Gasteiger partial charge in [-0.1, -0.05) is 37.3 Å². The summed E-state index contributed by atoms with van der Waals surface area (Å²) < 4.78 is 37.2. The quantitative estimate of drug-likeness (QED) is 0.793. The van der Waals surface area contributed by atoms with E-state index in [1.54, 1.807) is 37.3 Å². The summed E-state index contributed by atoms with van der Waals surface area (Å²) in [6, 6.07) is 8.69. The molecule has 18 heavy (non-hydrogen) atoms. The second-order valence-corrected chi connectivity index (χ2v) is 4.10. The van der Waals surface area contributed by atoms with E-state index in [0.29, 0.717) is 12.0 Å². The van der Waals surface area contributed by atoms with Crippen LogP contribution in [-0.2, 0) is 11.3 Å². The first-order valence-electron chi connectivity index (χ1n) is 5.81. The van der Waals surface area contributed by atoms with E-state index in [-0.39, 0.29) is 13.0 Å². The Hall–Kier alpha value is -1.52. The van der Waals surface area contributed by atoms with Crippen molar-refractivity contribution in [3.63, 3.8) is 0 Å². The van der Waals surface area contributed by atoms with Crippen LogP contribution in [0.15, 0.2) is 30.3 Å². The molecule has 0 aliphatic rings. The molecule has 0 saturated carbocycles. The molecule has 0 saturated heterocycles. The number of hydrogen-bond donors (Lipinski definition) is 0. The van der Waals surface area contributed by atoms with Crippen molar-refractivity contribution in [1.29, 1.82) is 0 Å². The highest BCUT2D eigenvalue weighted by atomic mass is 19.4. The van der Waals surface area contributed by atoms with Crippen LogP contribution >= 0.6 is 0 Å². The smallest absolute Gasteiger partial charge is 0.329 e. The molecule has 2 nitrogen and oxygen atoms in total. The lowest BCUT2D eigenvalue weighted by molar-refractivity contribution is -0.162. The first-order valence-corrected chi connectivity index (χ1v) is 5.81. The predicted octanol–water partition coefficient (Wildman–Crippen LogP) is 3.38. The topological polar surface area (TPSA) is 20.3 Å². The third kappa shape index (κ3) is 5.21. The van der Waals surface area contributed by atoms with Crippen LogP contribution < -0.4 is 0 Å². The van der Waals surface area contributed by atoms with Crippen molar-refractivity contribution in [2.75, 3.05) is 6.54 Å². The van der Waals surface area contributed by atoms with E-state index < -0.39 is 18.6 Å². The molecule has 1 amide bonds.